The highest BCUT2D eigenvalue weighted by Crippen LogP contribution is 2.10. The number of nitrogens with one attached hydrogen (secondary N) is 1. The Morgan fingerprint density at radius 2 is 2.17 bits per heavy atom. The summed E-state index contributed by atoms with van der Waals surface area (Å²) in [6.45, 7) is 5.12. The second-order valence-corrected chi connectivity index (χ2v) is 5.01. The Morgan fingerprint density at radius 1 is 1.33 bits per heavy atom. The molecular formula is C15H24N2O. The quantitative estimate of drug-likeness (QED) is 0.797. The molecule has 0 aliphatic carbocycles. The molecule has 1 aromatic rings. The molecule has 1 saturated heterocycles. The van der Waals surface area contributed by atoms with Gasteiger partial charge in [0.1, 0.15) is 0 Å². The highest BCUT2D eigenvalue weighted by atomic mass is 16.5. The van der Waals surface area contributed by atoms with Crippen molar-refractivity contribution in [2.24, 2.45) is 0 Å². The van der Waals surface area contributed by atoms with E-state index >= 15 is 0 Å². The van der Waals surface area contributed by atoms with E-state index < -0.39 is 0 Å². The number of benzene rings is 1. The topological polar surface area (TPSA) is 24.5 Å². The number of rotatable bonds is 7. The molecule has 100 valence electrons. The molecular weight excluding hydrogens is 224 g/mol. The first-order chi connectivity index (χ1) is 8.88. The molecule has 1 N–H and O–H groups in total. The van der Waals surface area contributed by atoms with Crippen molar-refractivity contribution in [3.63, 3.8) is 0 Å². The van der Waals surface area contributed by atoms with E-state index in [-0.39, 0.29) is 0 Å². The third-order valence-corrected chi connectivity index (χ3v) is 3.50. The molecule has 0 bridgehead atoms. The van der Waals surface area contributed by atoms with Crippen LogP contribution in [0.4, 0.5) is 0 Å². The van der Waals surface area contributed by atoms with Crippen LogP contribution in [0.2, 0.25) is 0 Å². The van der Waals surface area contributed by atoms with Crippen LogP contribution in [0.15, 0.2) is 30.3 Å². The van der Waals surface area contributed by atoms with E-state index in [0.29, 0.717) is 6.04 Å². The summed E-state index contributed by atoms with van der Waals surface area (Å²) in [4.78, 5) is 2.49. The van der Waals surface area contributed by atoms with Crippen LogP contribution >= 0.6 is 0 Å². The largest absolute Gasteiger partial charge is 0.383 e. The number of hydrogen-bond donors (Lipinski definition) is 1. The second-order valence-electron chi connectivity index (χ2n) is 5.01. The summed E-state index contributed by atoms with van der Waals surface area (Å²) in [6.07, 6.45) is 2.62. The lowest BCUT2D eigenvalue weighted by molar-refractivity contribution is 0.138. The Kier molecular flexibility index (Phi) is 5.65. The van der Waals surface area contributed by atoms with Crippen LogP contribution in [-0.2, 0) is 11.3 Å². The van der Waals surface area contributed by atoms with Gasteiger partial charge in [0.05, 0.1) is 6.61 Å². The molecule has 1 aromatic carbocycles. The first-order valence-corrected chi connectivity index (χ1v) is 6.87. The Bertz CT molecular complexity index is 323. The average molecular weight is 248 g/mol. The van der Waals surface area contributed by atoms with Crippen LogP contribution in [-0.4, -0.2) is 44.3 Å². The standard InChI is InChI=1S/C15H24N2O/c1-18-11-10-17(13-15-8-5-9-16-15)12-14-6-3-2-4-7-14/h2-4,6-7,15-16H,5,8-13H2,1H3. The zero-order valence-corrected chi connectivity index (χ0v) is 11.3. The normalized spacial score (nSPS) is 19.6. The zero-order valence-electron chi connectivity index (χ0n) is 11.3. The second kappa shape index (κ2) is 7.52. The molecule has 0 spiro atoms. The first kappa shape index (κ1) is 13.5. The summed E-state index contributed by atoms with van der Waals surface area (Å²) in [6, 6.07) is 11.3. The molecule has 1 unspecified atom stereocenters. The van der Waals surface area contributed by atoms with Gasteiger partial charge in [-0.25, -0.2) is 0 Å². The molecule has 1 aliphatic rings. The summed E-state index contributed by atoms with van der Waals surface area (Å²) in [7, 11) is 1.77. The highest BCUT2D eigenvalue weighted by molar-refractivity contribution is 5.14. The van der Waals surface area contributed by atoms with Crippen LogP contribution < -0.4 is 5.32 Å². The predicted octanol–water partition coefficient (Wildman–Crippen LogP) is 1.89. The summed E-state index contributed by atoms with van der Waals surface area (Å²) < 4.78 is 5.21. The molecule has 3 nitrogen and oxygen atoms in total. The Hall–Kier alpha value is -0.900. The molecule has 0 radical (unpaired) electrons. The summed E-state index contributed by atoms with van der Waals surface area (Å²) in [5, 5.41) is 3.57. The molecule has 0 aromatic heterocycles. The maximum absolute atomic E-state index is 5.21. The van der Waals surface area contributed by atoms with Gasteiger partial charge < -0.3 is 10.1 Å². The minimum atomic E-state index is 0.658. The molecule has 1 atom stereocenters. The van der Waals surface area contributed by atoms with Crippen LogP contribution in [0.5, 0.6) is 0 Å². The number of ether oxygens (including phenoxy) is 1. The van der Waals surface area contributed by atoms with E-state index in [0.717, 1.165) is 26.2 Å². The minimum absolute atomic E-state index is 0.658. The fraction of sp³-hybridized carbons (Fsp3) is 0.600. The first-order valence-electron chi connectivity index (χ1n) is 6.87. The summed E-state index contributed by atoms with van der Waals surface area (Å²) in [5.74, 6) is 0. The fourth-order valence-corrected chi connectivity index (χ4v) is 2.52. The minimum Gasteiger partial charge on any atom is -0.383 e. The molecule has 1 heterocycles. The van der Waals surface area contributed by atoms with E-state index in [4.69, 9.17) is 4.74 Å². The van der Waals surface area contributed by atoms with Crippen molar-refractivity contribution in [1.29, 1.82) is 0 Å². The molecule has 2 rings (SSSR count). The zero-order chi connectivity index (χ0) is 12.6. The summed E-state index contributed by atoms with van der Waals surface area (Å²) >= 11 is 0. The summed E-state index contributed by atoms with van der Waals surface area (Å²) in [5.41, 5.74) is 1.38. The van der Waals surface area contributed by atoms with E-state index in [1.807, 2.05) is 0 Å². The lowest BCUT2D eigenvalue weighted by Gasteiger charge is -2.25. The van der Waals surface area contributed by atoms with Crippen molar-refractivity contribution in [3.05, 3.63) is 35.9 Å². The molecule has 3 heteroatoms. The van der Waals surface area contributed by atoms with Crippen molar-refractivity contribution in [1.82, 2.24) is 10.2 Å². The Balaban J connectivity index is 1.87. The van der Waals surface area contributed by atoms with Gasteiger partial charge in [-0.15, -0.1) is 0 Å². The van der Waals surface area contributed by atoms with Crippen molar-refractivity contribution in [2.75, 3.05) is 33.4 Å². The fourth-order valence-electron chi connectivity index (χ4n) is 2.52. The van der Waals surface area contributed by atoms with Gasteiger partial charge in [-0.2, -0.15) is 0 Å². The van der Waals surface area contributed by atoms with Gasteiger partial charge in [0.25, 0.3) is 0 Å². The van der Waals surface area contributed by atoms with Gasteiger partial charge >= 0.3 is 0 Å². The SMILES string of the molecule is COCCN(Cc1ccccc1)CC1CCCN1. The lowest BCUT2D eigenvalue weighted by Crippen LogP contribution is -2.38. The Morgan fingerprint density at radius 3 is 2.83 bits per heavy atom. The van der Waals surface area contributed by atoms with E-state index in [1.165, 1.54) is 24.9 Å². The van der Waals surface area contributed by atoms with Crippen LogP contribution in [0.1, 0.15) is 18.4 Å². The highest BCUT2D eigenvalue weighted by Gasteiger charge is 2.17. The van der Waals surface area contributed by atoms with Gasteiger partial charge in [0.2, 0.25) is 0 Å². The molecule has 1 fully saturated rings. The van der Waals surface area contributed by atoms with Gasteiger partial charge in [-0.1, -0.05) is 30.3 Å². The third kappa shape index (κ3) is 4.41. The van der Waals surface area contributed by atoms with Crippen molar-refractivity contribution >= 4 is 0 Å². The average Bonchev–Trinajstić information content (AvgIpc) is 2.90. The van der Waals surface area contributed by atoms with Crippen molar-refractivity contribution in [2.45, 2.75) is 25.4 Å². The maximum atomic E-state index is 5.21. The van der Waals surface area contributed by atoms with Gasteiger partial charge in [-0.05, 0) is 24.9 Å². The molecule has 18 heavy (non-hydrogen) atoms. The van der Waals surface area contributed by atoms with Crippen molar-refractivity contribution in [3.8, 4) is 0 Å². The van der Waals surface area contributed by atoms with Crippen molar-refractivity contribution < 1.29 is 4.74 Å². The molecule has 0 saturated carbocycles. The van der Waals surface area contributed by atoms with Gasteiger partial charge in [0, 0.05) is 32.8 Å². The monoisotopic (exact) mass is 248 g/mol. The van der Waals surface area contributed by atoms with Crippen LogP contribution in [0.25, 0.3) is 0 Å². The van der Waals surface area contributed by atoms with E-state index in [9.17, 15) is 0 Å². The molecule has 0 amide bonds. The third-order valence-electron chi connectivity index (χ3n) is 3.50. The van der Waals surface area contributed by atoms with E-state index in [2.05, 4.69) is 40.5 Å². The number of nitrogens with zero attached hydrogens (tertiary/aromatic N) is 1. The Labute approximate surface area is 110 Å². The lowest BCUT2D eigenvalue weighted by atomic mass is 10.1. The van der Waals surface area contributed by atoms with Crippen LogP contribution in [0.3, 0.4) is 0 Å². The number of hydrogen-bond acceptors (Lipinski definition) is 3. The van der Waals surface area contributed by atoms with Gasteiger partial charge in [0.15, 0.2) is 0 Å². The van der Waals surface area contributed by atoms with Gasteiger partial charge in [-0.3, -0.25) is 4.90 Å². The van der Waals surface area contributed by atoms with E-state index in [1.54, 1.807) is 7.11 Å². The van der Waals surface area contributed by atoms with Crippen LogP contribution in [0, 0.1) is 0 Å². The predicted molar refractivity (Wildman–Crippen MR) is 74.6 cm³/mol. The smallest absolute Gasteiger partial charge is 0.0589 e. The molecule has 1 aliphatic heterocycles. The number of methoxy groups -OCH3 is 1. The maximum Gasteiger partial charge on any atom is 0.0589 e.